The van der Waals surface area contributed by atoms with Crippen LogP contribution in [-0.2, 0) is 4.79 Å². The van der Waals surface area contributed by atoms with Crippen molar-refractivity contribution in [3.63, 3.8) is 0 Å². The second-order valence-electron chi connectivity index (χ2n) is 3.39. The summed E-state index contributed by atoms with van der Waals surface area (Å²) < 4.78 is 18.3. The first-order chi connectivity index (χ1) is 6.97. The second-order valence-corrected chi connectivity index (χ2v) is 3.39. The molecule has 0 aliphatic carbocycles. The van der Waals surface area contributed by atoms with E-state index in [9.17, 15) is 9.18 Å². The minimum absolute atomic E-state index is 0.151. The largest absolute Gasteiger partial charge is 0.496 e. The molecular formula is C11H13FO3. The summed E-state index contributed by atoms with van der Waals surface area (Å²) in [6.45, 7) is 3.51. The Morgan fingerprint density at radius 3 is 2.20 bits per heavy atom. The van der Waals surface area contributed by atoms with Gasteiger partial charge in [0.25, 0.3) is 0 Å². The second kappa shape index (κ2) is 4.29. The highest BCUT2D eigenvalue weighted by atomic mass is 19.1. The van der Waals surface area contributed by atoms with Gasteiger partial charge in [0.15, 0.2) is 0 Å². The summed E-state index contributed by atoms with van der Waals surface area (Å²) in [6, 6.07) is 2.98. The van der Waals surface area contributed by atoms with Gasteiger partial charge in [0.05, 0.1) is 7.11 Å². The summed E-state index contributed by atoms with van der Waals surface area (Å²) in [5, 5.41) is 8.54. The highest BCUT2D eigenvalue weighted by molar-refractivity contribution is 5.74. The van der Waals surface area contributed by atoms with E-state index in [0.29, 0.717) is 5.75 Å². The lowest BCUT2D eigenvalue weighted by atomic mass is 10.0. The van der Waals surface area contributed by atoms with Crippen molar-refractivity contribution in [3.05, 3.63) is 28.8 Å². The maximum atomic E-state index is 13.2. The Bertz CT molecular complexity index is 364. The molecule has 0 heterocycles. The van der Waals surface area contributed by atoms with E-state index in [2.05, 4.69) is 0 Å². The number of hydrogen-bond acceptors (Lipinski definition) is 2. The molecule has 0 aliphatic rings. The van der Waals surface area contributed by atoms with Gasteiger partial charge in [-0.3, -0.25) is 0 Å². The van der Waals surface area contributed by atoms with Gasteiger partial charge in [0, 0.05) is 0 Å². The molecule has 1 aromatic rings. The van der Waals surface area contributed by atoms with E-state index in [4.69, 9.17) is 9.84 Å². The zero-order valence-electron chi connectivity index (χ0n) is 8.87. The zero-order valence-corrected chi connectivity index (χ0v) is 8.87. The molecule has 1 atom stereocenters. The van der Waals surface area contributed by atoms with E-state index >= 15 is 0 Å². The van der Waals surface area contributed by atoms with E-state index in [0.717, 1.165) is 11.1 Å². The van der Waals surface area contributed by atoms with Crippen molar-refractivity contribution in [1.82, 2.24) is 0 Å². The Kier molecular flexibility index (Phi) is 3.29. The lowest BCUT2D eigenvalue weighted by molar-refractivity contribution is -0.143. The molecule has 0 fully saturated rings. The lowest BCUT2D eigenvalue weighted by Crippen LogP contribution is -2.07. The number of alkyl halides is 1. The Morgan fingerprint density at radius 1 is 1.40 bits per heavy atom. The van der Waals surface area contributed by atoms with Gasteiger partial charge in [-0.25, -0.2) is 9.18 Å². The van der Waals surface area contributed by atoms with Crippen molar-refractivity contribution in [2.45, 2.75) is 20.0 Å². The van der Waals surface area contributed by atoms with Crippen molar-refractivity contribution in [1.29, 1.82) is 0 Å². The molecular weight excluding hydrogens is 199 g/mol. The minimum atomic E-state index is -1.98. The molecule has 0 saturated carbocycles. The van der Waals surface area contributed by atoms with Crippen molar-refractivity contribution >= 4 is 5.97 Å². The molecule has 0 aromatic heterocycles. The van der Waals surface area contributed by atoms with Crippen LogP contribution in [0.25, 0.3) is 0 Å². The average Bonchev–Trinajstić information content (AvgIpc) is 2.15. The Hall–Kier alpha value is -1.58. The molecule has 4 heteroatoms. The molecule has 0 radical (unpaired) electrons. The fourth-order valence-electron chi connectivity index (χ4n) is 1.59. The fraction of sp³-hybridized carbons (Fsp3) is 0.364. The molecule has 15 heavy (non-hydrogen) atoms. The van der Waals surface area contributed by atoms with Gasteiger partial charge >= 0.3 is 5.97 Å². The van der Waals surface area contributed by atoms with Crippen LogP contribution in [0.4, 0.5) is 4.39 Å². The first-order valence-corrected chi connectivity index (χ1v) is 4.49. The highest BCUT2D eigenvalue weighted by Crippen LogP contribution is 2.28. The minimum Gasteiger partial charge on any atom is -0.496 e. The van der Waals surface area contributed by atoms with Gasteiger partial charge in [-0.2, -0.15) is 0 Å². The number of carboxylic acid groups (broad SMARTS) is 1. The van der Waals surface area contributed by atoms with Crippen molar-refractivity contribution in [2.75, 3.05) is 7.11 Å². The number of aliphatic carboxylic acids is 1. The number of benzene rings is 1. The molecule has 0 spiro atoms. The average molecular weight is 212 g/mol. The molecule has 0 saturated heterocycles. The first-order valence-electron chi connectivity index (χ1n) is 4.49. The monoisotopic (exact) mass is 212 g/mol. The third-order valence-corrected chi connectivity index (χ3v) is 2.20. The quantitative estimate of drug-likeness (QED) is 0.836. The maximum absolute atomic E-state index is 13.2. The van der Waals surface area contributed by atoms with Crippen molar-refractivity contribution in [3.8, 4) is 5.75 Å². The molecule has 1 unspecified atom stereocenters. The number of methoxy groups -OCH3 is 1. The summed E-state index contributed by atoms with van der Waals surface area (Å²) in [4.78, 5) is 10.5. The Morgan fingerprint density at radius 2 is 1.87 bits per heavy atom. The molecule has 0 aliphatic heterocycles. The summed E-state index contributed by atoms with van der Waals surface area (Å²) >= 11 is 0. The van der Waals surface area contributed by atoms with Crippen molar-refractivity contribution in [2.24, 2.45) is 0 Å². The number of carbonyl (C=O) groups is 1. The van der Waals surface area contributed by atoms with Gasteiger partial charge in [-0.1, -0.05) is 0 Å². The van der Waals surface area contributed by atoms with Gasteiger partial charge in [0.2, 0.25) is 6.17 Å². The molecule has 3 nitrogen and oxygen atoms in total. The van der Waals surface area contributed by atoms with Gasteiger partial charge in [-0.05, 0) is 42.7 Å². The Balaban J connectivity index is 3.19. The standard InChI is InChI=1S/C11H13FO3/c1-6-4-8(9(12)11(13)14)5-7(2)10(6)15-3/h4-5,9H,1-3H3,(H,13,14). The number of aryl methyl sites for hydroxylation is 2. The van der Waals surface area contributed by atoms with Crippen LogP contribution in [0.2, 0.25) is 0 Å². The first kappa shape index (κ1) is 11.5. The third-order valence-electron chi connectivity index (χ3n) is 2.20. The summed E-state index contributed by atoms with van der Waals surface area (Å²) in [6.07, 6.45) is -1.98. The van der Waals surface area contributed by atoms with Crippen molar-refractivity contribution < 1.29 is 19.0 Å². The number of rotatable bonds is 3. The molecule has 0 amide bonds. The summed E-state index contributed by atoms with van der Waals surface area (Å²) in [5.74, 6) is -0.810. The number of hydrogen-bond donors (Lipinski definition) is 1. The van der Waals surface area contributed by atoms with Crippen LogP contribution in [0, 0.1) is 13.8 Å². The van der Waals surface area contributed by atoms with Crippen LogP contribution in [-0.4, -0.2) is 18.2 Å². The van der Waals surface area contributed by atoms with E-state index < -0.39 is 12.1 Å². The number of carboxylic acids is 1. The predicted octanol–water partition coefficient (Wildman–Crippen LogP) is 2.41. The zero-order chi connectivity index (χ0) is 11.6. The highest BCUT2D eigenvalue weighted by Gasteiger charge is 2.20. The van der Waals surface area contributed by atoms with E-state index in [1.165, 1.54) is 19.2 Å². The van der Waals surface area contributed by atoms with Crippen LogP contribution in [0.5, 0.6) is 5.75 Å². The molecule has 1 N–H and O–H groups in total. The fourth-order valence-corrected chi connectivity index (χ4v) is 1.59. The number of ether oxygens (including phenoxy) is 1. The van der Waals surface area contributed by atoms with E-state index in [1.54, 1.807) is 13.8 Å². The summed E-state index contributed by atoms with van der Waals surface area (Å²) in [5.41, 5.74) is 1.62. The van der Waals surface area contributed by atoms with Crippen LogP contribution < -0.4 is 4.74 Å². The molecule has 82 valence electrons. The summed E-state index contributed by atoms with van der Waals surface area (Å²) in [7, 11) is 1.53. The molecule has 0 bridgehead atoms. The maximum Gasteiger partial charge on any atom is 0.343 e. The third kappa shape index (κ3) is 2.26. The van der Waals surface area contributed by atoms with Crippen LogP contribution in [0.15, 0.2) is 12.1 Å². The molecule has 1 rings (SSSR count). The SMILES string of the molecule is COc1c(C)cc(C(F)C(=O)O)cc1C. The van der Waals surface area contributed by atoms with Crippen LogP contribution >= 0.6 is 0 Å². The Labute approximate surface area is 87.5 Å². The van der Waals surface area contributed by atoms with Gasteiger partial charge in [0.1, 0.15) is 5.75 Å². The van der Waals surface area contributed by atoms with E-state index in [1.807, 2.05) is 0 Å². The van der Waals surface area contributed by atoms with Crippen LogP contribution in [0.1, 0.15) is 22.9 Å². The lowest BCUT2D eigenvalue weighted by Gasteiger charge is -2.11. The molecule has 1 aromatic carbocycles. The smallest absolute Gasteiger partial charge is 0.343 e. The van der Waals surface area contributed by atoms with Crippen LogP contribution in [0.3, 0.4) is 0 Å². The van der Waals surface area contributed by atoms with Gasteiger partial charge < -0.3 is 9.84 Å². The van der Waals surface area contributed by atoms with E-state index in [-0.39, 0.29) is 5.56 Å². The number of halogens is 1. The van der Waals surface area contributed by atoms with Gasteiger partial charge in [-0.15, -0.1) is 0 Å². The topological polar surface area (TPSA) is 46.5 Å². The predicted molar refractivity (Wildman–Crippen MR) is 54.0 cm³/mol. The normalized spacial score (nSPS) is 12.3.